The van der Waals surface area contributed by atoms with E-state index in [0.717, 1.165) is 34.7 Å². The van der Waals surface area contributed by atoms with Crippen molar-refractivity contribution in [3.8, 4) is 0 Å². The summed E-state index contributed by atoms with van der Waals surface area (Å²) in [6.07, 6.45) is 1.82. The highest BCUT2D eigenvalue weighted by molar-refractivity contribution is 7.12. The van der Waals surface area contributed by atoms with E-state index in [1.165, 1.54) is 0 Å². The molecule has 2 heterocycles. The zero-order valence-electron chi connectivity index (χ0n) is 14.0. The number of amides is 2. The van der Waals surface area contributed by atoms with Crippen molar-refractivity contribution in [2.24, 2.45) is 0 Å². The number of rotatable bonds is 3. The fraction of sp³-hybridized carbons (Fsp3) is 0.368. The van der Waals surface area contributed by atoms with Crippen molar-refractivity contribution in [1.29, 1.82) is 0 Å². The number of nitrogens with one attached hydrogen (secondary N) is 1. The van der Waals surface area contributed by atoms with Gasteiger partial charge in [-0.2, -0.15) is 0 Å². The van der Waals surface area contributed by atoms with E-state index in [1.54, 1.807) is 11.3 Å². The predicted molar refractivity (Wildman–Crippen MR) is 96.6 cm³/mol. The predicted octanol–water partition coefficient (Wildman–Crippen LogP) is 3.40. The van der Waals surface area contributed by atoms with Gasteiger partial charge in [-0.1, -0.05) is 18.2 Å². The van der Waals surface area contributed by atoms with Crippen molar-refractivity contribution in [2.45, 2.75) is 32.7 Å². The third-order valence-electron chi connectivity index (χ3n) is 4.35. The number of thiophene rings is 1. The molecule has 0 saturated carbocycles. The third kappa shape index (κ3) is 3.67. The number of piperidine rings is 1. The molecule has 1 fully saturated rings. The van der Waals surface area contributed by atoms with E-state index in [1.807, 2.05) is 55.1 Å². The van der Waals surface area contributed by atoms with Gasteiger partial charge >= 0.3 is 0 Å². The Labute approximate surface area is 146 Å². The molecule has 1 aliphatic rings. The molecule has 2 aromatic rings. The summed E-state index contributed by atoms with van der Waals surface area (Å²) >= 11 is 1.64. The molecule has 24 heavy (non-hydrogen) atoms. The third-order valence-corrected chi connectivity index (χ3v) is 5.32. The second-order valence-corrected chi connectivity index (χ2v) is 7.72. The van der Waals surface area contributed by atoms with E-state index in [0.29, 0.717) is 12.1 Å². The molecule has 0 radical (unpaired) electrons. The molecule has 1 saturated heterocycles. The Morgan fingerprint density at radius 3 is 2.62 bits per heavy atom. The molecule has 0 spiro atoms. The van der Waals surface area contributed by atoms with Crippen LogP contribution in [-0.4, -0.2) is 35.8 Å². The number of likely N-dealkylation sites (tertiary alicyclic amines) is 1. The summed E-state index contributed by atoms with van der Waals surface area (Å²) in [4.78, 5) is 29.1. The Hall–Kier alpha value is -2.14. The number of hydrogen-bond acceptors (Lipinski definition) is 3. The summed E-state index contributed by atoms with van der Waals surface area (Å²) in [5, 5.41) is 3.10. The normalized spacial score (nSPS) is 17.6. The molecule has 1 aromatic heterocycles. The fourth-order valence-corrected chi connectivity index (χ4v) is 4.08. The second-order valence-electron chi connectivity index (χ2n) is 6.26. The maximum absolute atomic E-state index is 12.6. The number of benzene rings is 1. The zero-order valence-corrected chi connectivity index (χ0v) is 14.9. The maximum atomic E-state index is 12.6. The number of carbonyl (C=O) groups excluding carboxylic acids is 2. The van der Waals surface area contributed by atoms with Crippen LogP contribution < -0.4 is 5.32 Å². The molecule has 2 amide bonds. The lowest BCUT2D eigenvalue weighted by molar-refractivity contribution is 0.0676. The molecular weight excluding hydrogens is 320 g/mol. The SMILES string of the molecule is Cc1cc(C(=O)N[C@H]2CCCN(C(=O)c3ccccc3)C2)c(C)s1. The molecule has 4 nitrogen and oxygen atoms in total. The summed E-state index contributed by atoms with van der Waals surface area (Å²) in [5.41, 5.74) is 1.46. The molecule has 1 atom stereocenters. The Balaban J connectivity index is 1.64. The van der Waals surface area contributed by atoms with Gasteiger partial charge in [0.25, 0.3) is 11.8 Å². The molecule has 0 bridgehead atoms. The zero-order chi connectivity index (χ0) is 17.1. The Bertz CT molecular complexity index is 739. The van der Waals surface area contributed by atoms with Gasteiger partial charge in [-0.05, 0) is 44.9 Å². The number of carbonyl (C=O) groups is 2. The smallest absolute Gasteiger partial charge is 0.253 e. The van der Waals surface area contributed by atoms with Gasteiger partial charge in [-0.25, -0.2) is 0 Å². The topological polar surface area (TPSA) is 49.4 Å². The van der Waals surface area contributed by atoms with Crippen LogP contribution >= 0.6 is 11.3 Å². The van der Waals surface area contributed by atoms with Crippen LogP contribution in [0.15, 0.2) is 36.4 Å². The van der Waals surface area contributed by atoms with Crippen LogP contribution in [-0.2, 0) is 0 Å². The van der Waals surface area contributed by atoms with E-state index in [2.05, 4.69) is 5.32 Å². The van der Waals surface area contributed by atoms with E-state index >= 15 is 0 Å². The lowest BCUT2D eigenvalue weighted by Crippen LogP contribution is -2.49. The van der Waals surface area contributed by atoms with Gasteiger partial charge in [-0.3, -0.25) is 9.59 Å². The highest BCUT2D eigenvalue weighted by Crippen LogP contribution is 2.21. The van der Waals surface area contributed by atoms with Gasteiger partial charge in [0.15, 0.2) is 0 Å². The molecule has 3 rings (SSSR count). The standard InChI is InChI=1S/C19H22N2O2S/c1-13-11-17(14(2)24-13)18(22)20-16-9-6-10-21(12-16)19(23)15-7-4-3-5-8-15/h3-5,7-8,11,16H,6,9-10,12H2,1-2H3,(H,20,22)/t16-/m0/s1. The average molecular weight is 342 g/mol. The van der Waals surface area contributed by atoms with Crippen LogP contribution in [0.3, 0.4) is 0 Å². The lowest BCUT2D eigenvalue weighted by Gasteiger charge is -2.33. The molecule has 0 unspecified atom stereocenters. The maximum Gasteiger partial charge on any atom is 0.253 e. The van der Waals surface area contributed by atoms with Gasteiger partial charge in [-0.15, -0.1) is 11.3 Å². The van der Waals surface area contributed by atoms with Crippen LogP contribution in [0.5, 0.6) is 0 Å². The Kier molecular flexibility index (Phi) is 5.00. The highest BCUT2D eigenvalue weighted by atomic mass is 32.1. The summed E-state index contributed by atoms with van der Waals surface area (Å²) in [7, 11) is 0. The summed E-state index contributed by atoms with van der Waals surface area (Å²) in [5.74, 6) is 0.00738. The molecule has 1 aliphatic heterocycles. The molecule has 1 N–H and O–H groups in total. The second kappa shape index (κ2) is 7.18. The van der Waals surface area contributed by atoms with E-state index in [9.17, 15) is 9.59 Å². The summed E-state index contributed by atoms with van der Waals surface area (Å²) in [6.45, 7) is 5.30. The van der Waals surface area contributed by atoms with Crippen LogP contribution in [0.2, 0.25) is 0 Å². The van der Waals surface area contributed by atoms with Crippen LogP contribution in [0.4, 0.5) is 0 Å². The van der Waals surface area contributed by atoms with Crippen LogP contribution in [0.1, 0.15) is 43.3 Å². The first kappa shape index (κ1) is 16.7. The van der Waals surface area contributed by atoms with Crippen molar-refractivity contribution in [3.05, 3.63) is 57.3 Å². The Morgan fingerprint density at radius 2 is 1.96 bits per heavy atom. The van der Waals surface area contributed by atoms with Crippen molar-refractivity contribution in [1.82, 2.24) is 10.2 Å². The lowest BCUT2D eigenvalue weighted by atomic mass is 10.0. The molecule has 1 aromatic carbocycles. The quantitative estimate of drug-likeness (QED) is 0.929. The summed E-state index contributed by atoms with van der Waals surface area (Å²) in [6, 6.07) is 11.3. The van der Waals surface area contributed by atoms with Crippen molar-refractivity contribution in [2.75, 3.05) is 13.1 Å². The van der Waals surface area contributed by atoms with Crippen molar-refractivity contribution < 1.29 is 9.59 Å². The van der Waals surface area contributed by atoms with E-state index in [4.69, 9.17) is 0 Å². The molecule has 126 valence electrons. The minimum Gasteiger partial charge on any atom is -0.347 e. The van der Waals surface area contributed by atoms with E-state index in [-0.39, 0.29) is 17.9 Å². The summed E-state index contributed by atoms with van der Waals surface area (Å²) < 4.78 is 0. The molecule has 5 heteroatoms. The van der Waals surface area contributed by atoms with Crippen molar-refractivity contribution in [3.63, 3.8) is 0 Å². The Morgan fingerprint density at radius 1 is 1.21 bits per heavy atom. The van der Waals surface area contributed by atoms with Crippen molar-refractivity contribution >= 4 is 23.2 Å². The van der Waals surface area contributed by atoms with Crippen LogP contribution in [0.25, 0.3) is 0 Å². The first-order valence-corrected chi connectivity index (χ1v) is 9.08. The van der Waals surface area contributed by atoms with Gasteiger partial charge in [0.05, 0.1) is 5.56 Å². The number of nitrogens with zero attached hydrogens (tertiary/aromatic N) is 1. The monoisotopic (exact) mass is 342 g/mol. The minimum absolute atomic E-state index is 0.0125. The van der Waals surface area contributed by atoms with Gasteiger partial charge in [0.2, 0.25) is 0 Å². The fourth-order valence-electron chi connectivity index (χ4n) is 3.16. The van der Waals surface area contributed by atoms with Gasteiger partial charge < -0.3 is 10.2 Å². The number of hydrogen-bond donors (Lipinski definition) is 1. The van der Waals surface area contributed by atoms with Crippen LogP contribution in [0, 0.1) is 13.8 Å². The molecule has 0 aliphatic carbocycles. The molecular formula is C19H22N2O2S. The van der Waals surface area contributed by atoms with Gasteiger partial charge in [0, 0.05) is 34.4 Å². The van der Waals surface area contributed by atoms with E-state index < -0.39 is 0 Å². The minimum atomic E-state index is -0.0316. The largest absolute Gasteiger partial charge is 0.347 e. The number of aryl methyl sites for hydroxylation is 2. The first-order chi connectivity index (χ1) is 11.5. The average Bonchev–Trinajstić information content (AvgIpc) is 2.94. The van der Waals surface area contributed by atoms with Gasteiger partial charge in [0.1, 0.15) is 0 Å². The first-order valence-electron chi connectivity index (χ1n) is 8.27. The highest BCUT2D eigenvalue weighted by Gasteiger charge is 2.26.